The molecule has 1 saturated carbocycles. The summed E-state index contributed by atoms with van der Waals surface area (Å²) in [6, 6.07) is 3.08. The third-order valence-electron chi connectivity index (χ3n) is 5.94. The second-order valence-corrected chi connectivity index (χ2v) is 8.23. The first-order valence-electron chi connectivity index (χ1n) is 10.0. The first-order valence-corrected chi connectivity index (χ1v) is 10.0. The monoisotopic (exact) mass is 418 g/mol. The van der Waals surface area contributed by atoms with Crippen molar-refractivity contribution in [1.29, 1.82) is 0 Å². The second kappa shape index (κ2) is 6.90. The molecule has 1 saturated heterocycles. The normalized spacial score (nSPS) is 20.7. The third kappa shape index (κ3) is 3.28. The molecule has 3 aromatic rings. The quantitative estimate of drug-likeness (QED) is 0.698. The van der Waals surface area contributed by atoms with Gasteiger partial charge in [-0.2, -0.15) is 13.2 Å². The van der Waals surface area contributed by atoms with Crippen molar-refractivity contribution >= 4 is 11.2 Å². The number of benzene rings is 1. The van der Waals surface area contributed by atoms with Crippen LogP contribution in [0.15, 0.2) is 18.2 Å². The van der Waals surface area contributed by atoms with E-state index in [-0.39, 0.29) is 17.5 Å². The van der Waals surface area contributed by atoms with Crippen molar-refractivity contribution in [2.24, 2.45) is 0 Å². The van der Waals surface area contributed by atoms with Crippen molar-refractivity contribution in [3.05, 3.63) is 29.3 Å². The highest BCUT2D eigenvalue weighted by atomic mass is 19.4. The van der Waals surface area contributed by atoms with Crippen molar-refractivity contribution in [3.8, 4) is 17.0 Å². The summed E-state index contributed by atoms with van der Waals surface area (Å²) in [4.78, 5) is 2.24. The Labute approximate surface area is 170 Å². The van der Waals surface area contributed by atoms with Crippen LogP contribution in [0.5, 0.6) is 5.75 Å². The lowest BCUT2D eigenvalue weighted by Gasteiger charge is -2.29. The van der Waals surface area contributed by atoms with Gasteiger partial charge in [-0.15, -0.1) is 15.3 Å². The van der Waals surface area contributed by atoms with E-state index in [1.54, 1.807) is 0 Å². The number of nitrogens with zero attached hydrogens (tertiary/aromatic N) is 6. The van der Waals surface area contributed by atoms with Crippen molar-refractivity contribution in [1.82, 2.24) is 30.1 Å². The summed E-state index contributed by atoms with van der Waals surface area (Å²) in [7, 11) is 2.07. The first-order chi connectivity index (χ1) is 14.3. The highest BCUT2D eigenvalue weighted by Crippen LogP contribution is 2.48. The molecule has 0 bridgehead atoms. The van der Waals surface area contributed by atoms with Crippen LogP contribution in [0.4, 0.5) is 13.2 Å². The van der Waals surface area contributed by atoms with Crippen molar-refractivity contribution in [2.75, 3.05) is 20.1 Å². The SMILES string of the molecule is CN1CCC[C@@H](n2nnc3c(C4CC4)c(-c4ccc(C(F)(F)F)cc4O)nnc32)C1. The van der Waals surface area contributed by atoms with Gasteiger partial charge in [-0.3, -0.25) is 0 Å². The van der Waals surface area contributed by atoms with E-state index in [0.29, 0.717) is 16.9 Å². The number of phenols is 1. The van der Waals surface area contributed by atoms with Crippen LogP contribution in [0.3, 0.4) is 0 Å². The molecule has 1 atom stereocenters. The lowest BCUT2D eigenvalue weighted by Crippen LogP contribution is -2.34. The van der Waals surface area contributed by atoms with Gasteiger partial charge in [0, 0.05) is 17.7 Å². The van der Waals surface area contributed by atoms with Crippen molar-refractivity contribution in [2.45, 2.75) is 43.8 Å². The standard InChI is InChI=1S/C20H21F3N6O/c1-28-8-2-3-13(10-28)29-19-18(25-27-29)16(11-4-5-11)17(24-26-19)14-7-6-12(9-15(14)30)20(21,22)23/h6-7,9,11,13,30H,2-5,8,10H2,1H3/t13-/m1/s1. The molecule has 158 valence electrons. The van der Waals surface area contributed by atoms with Crippen LogP contribution in [0.1, 0.15) is 48.8 Å². The van der Waals surface area contributed by atoms with Gasteiger partial charge in [-0.1, -0.05) is 5.21 Å². The van der Waals surface area contributed by atoms with Gasteiger partial charge in [0.05, 0.1) is 11.6 Å². The Morgan fingerprint density at radius 1 is 1.10 bits per heavy atom. The number of fused-ring (bicyclic) bond motifs is 1. The maximum atomic E-state index is 13.0. The number of aromatic nitrogens is 5. The Bertz CT molecular complexity index is 1110. The van der Waals surface area contributed by atoms with Crippen LogP contribution in [0, 0.1) is 0 Å². The molecule has 0 unspecified atom stereocenters. The van der Waals surface area contributed by atoms with E-state index in [1.165, 1.54) is 6.07 Å². The zero-order chi connectivity index (χ0) is 21.0. The number of piperidine rings is 1. The predicted molar refractivity (Wildman–Crippen MR) is 103 cm³/mol. The minimum Gasteiger partial charge on any atom is -0.507 e. The van der Waals surface area contributed by atoms with Crippen molar-refractivity contribution < 1.29 is 18.3 Å². The largest absolute Gasteiger partial charge is 0.507 e. The number of likely N-dealkylation sites (N-methyl/N-ethyl adjacent to an activating group) is 1. The molecule has 30 heavy (non-hydrogen) atoms. The molecule has 2 aromatic heterocycles. The van der Waals surface area contributed by atoms with E-state index >= 15 is 0 Å². The molecule has 1 aromatic carbocycles. The highest BCUT2D eigenvalue weighted by Gasteiger charge is 2.35. The Morgan fingerprint density at radius 3 is 2.57 bits per heavy atom. The molecule has 1 N–H and O–H groups in total. The van der Waals surface area contributed by atoms with Gasteiger partial charge in [-0.05, 0) is 63.4 Å². The third-order valence-corrected chi connectivity index (χ3v) is 5.94. The molecular weight excluding hydrogens is 397 g/mol. The molecule has 5 rings (SSSR count). The van der Waals surface area contributed by atoms with E-state index < -0.39 is 17.5 Å². The molecule has 2 aliphatic rings. The molecule has 3 heterocycles. The number of alkyl halides is 3. The van der Waals surface area contributed by atoms with Crippen LogP contribution >= 0.6 is 0 Å². The van der Waals surface area contributed by atoms with Gasteiger partial charge in [0.15, 0.2) is 0 Å². The topological polar surface area (TPSA) is 80.0 Å². The maximum Gasteiger partial charge on any atom is 0.416 e. The molecule has 1 aliphatic heterocycles. The number of likely N-dealkylation sites (tertiary alicyclic amines) is 1. The average molecular weight is 418 g/mol. The number of halogens is 3. The number of hydrogen-bond donors (Lipinski definition) is 1. The summed E-state index contributed by atoms with van der Waals surface area (Å²) < 4.78 is 40.7. The zero-order valence-electron chi connectivity index (χ0n) is 16.4. The van der Waals surface area contributed by atoms with Gasteiger partial charge >= 0.3 is 6.18 Å². The summed E-state index contributed by atoms with van der Waals surface area (Å²) in [5.74, 6) is -0.277. The van der Waals surface area contributed by atoms with Gasteiger partial charge in [0.25, 0.3) is 0 Å². The lowest BCUT2D eigenvalue weighted by molar-refractivity contribution is -0.137. The van der Waals surface area contributed by atoms with Crippen LogP contribution in [-0.2, 0) is 6.18 Å². The Morgan fingerprint density at radius 2 is 1.90 bits per heavy atom. The Hall–Kier alpha value is -2.75. The molecule has 0 amide bonds. The van der Waals surface area contributed by atoms with E-state index in [2.05, 4.69) is 32.5 Å². The number of aromatic hydroxyl groups is 1. The Balaban J connectivity index is 1.61. The Kier molecular flexibility index (Phi) is 4.42. The zero-order valence-corrected chi connectivity index (χ0v) is 16.4. The first kappa shape index (κ1) is 19.2. The van der Waals surface area contributed by atoms with Crippen LogP contribution in [0.25, 0.3) is 22.4 Å². The van der Waals surface area contributed by atoms with Gasteiger partial charge in [-0.25, -0.2) is 4.68 Å². The summed E-state index contributed by atoms with van der Waals surface area (Å²) in [5, 5.41) is 27.7. The second-order valence-electron chi connectivity index (χ2n) is 8.23. The van der Waals surface area contributed by atoms with Crippen LogP contribution in [-0.4, -0.2) is 55.3 Å². The lowest BCUT2D eigenvalue weighted by atomic mass is 9.99. The summed E-state index contributed by atoms with van der Waals surface area (Å²) in [6.07, 6.45) is -0.614. The van der Waals surface area contributed by atoms with E-state index in [0.717, 1.165) is 56.5 Å². The van der Waals surface area contributed by atoms with Crippen LogP contribution in [0.2, 0.25) is 0 Å². The van der Waals surface area contributed by atoms with E-state index in [4.69, 9.17) is 0 Å². The van der Waals surface area contributed by atoms with Crippen molar-refractivity contribution in [3.63, 3.8) is 0 Å². The van der Waals surface area contributed by atoms with E-state index in [9.17, 15) is 18.3 Å². The van der Waals surface area contributed by atoms with Gasteiger partial charge in [0.2, 0.25) is 5.65 Å². The smallest absolute Gasteiger partial charge is 0.416 e. The minimum atomic E-state index is -4.53. The summed E-state index contributed by atoms with van der Waals surface area (Å²) >= 11 is 0. The van der Waals surface area contributed by atoms with Crippen LogP contribution < -0.4 is 0 Å². The maximum absolute atomic E-state index is 13.0. The fraction of sp³-hybridized carbons (Fsp3) is 0.500. The molecule has 1 aliphatic carbocycles. The fourth-order valence-corrected chi connectivity index (χ4v) is 4.27. The predicted octanol–water partition coefficient (Wildman–Crippen LogP) is 3.76. The fourth-order valence-electron chi connectivity index (χ4n) is 4.27. The molecule has 0 radical (unpaired) electrons. The molecule has 10 heteroatoms. The number of phenolic OH excluding ortho intramolecular Hbond substituents is 1. The minimum absolute atomic E-state index is 0.153. The molecule has 2 fully saturated rings. The molecule has 0 spiro atoms. The average Bonchev–Trinajstić information content (AvgIpc) is 3.44. The molecular formula is C20H21F3N6O. The number of rotatable bonds is 3. The van der Waals surface area contributed by atoms with E-state index in [1.807, 2.05) is 4.68 Å². The van der Waals surface area contributed by atoms with Gasteiger partial charge < -0.3 is 10.0 Å². The number of hydrogen-bond acceptors (Lipinski definition) is 6. The molecule has 7 nitrogen and oxygen atoms in total. The highest BCUT2D eigenvalue weighted by molar-refractivity contribution is 5.84. The summed E-state index contributed by atoms with van der Waals surface area (Å²) in [6.45, 7) is 1.89. The van der Waals surface area contributed by atoms with Gasteiger partial charge in [0.1, 0.15) is 17.0 Å². The summed E-state index contributed by atoms with van der Waals surface area (Å²) in [5.41, 5.74) is 1.72.